The SMILES string of the molecule is CNC(C)c1ccc(N(C)c2ccc(F)cc2)cc1Cl. The molecule has 4 heteroatoms. The lowest BCUT2D eigenvalue weighted by atomic mass is 10.1. The van der Waals surface area contributed by atoms with Crippen molar-refractivity contribution < 1.29 is 4.39 Å². The Bertz CT molecular complexity index is 584. The molecule has 0 spiro atoms. The van der Waals surface area contributed by atoms with Crippen LogP contribution in [-0.2, 0) is 0 Å². The molecule has 2 aromatic carbocycles. The summed E-state index contributed by atoms with van der Waals surface area (Å²) in [7, 11) is 3.83. The molecule has 0 aliphatic heterocycles. The predicted molar refractivity (Wildman–Crippen MR) is 83.4 cm³/mol. The lowest BCUT2D eigenvalue weighted by Gasteiger charge is -2.21. The summed E-state index contributed by atoms with van der Waals surface area (Å²) >= 11 is 6.33. The molecule has 2 nitrogen and oxygen atoms in total. The molecular weight excluding hydrogens is 275 g/mol. The number of hydrogen-bond acceptors (Lipinski definition) is 2. The van der Waals surface area contributed by atoms with E-state index in [0.29, 0.717) is 0 Å². The minimum absolute atomic E-state index is 0.202. The number of nitrogens with zero attached hydrogens (tertiary/aromatic N) is 1. The van der Waals surface area contributed by atoms with Gasteiger partial charge in [0, 0.05) is 29.5 Å². The standard InChI is InChI=1S/C16H18ClFN2/c1-11(19-2)15-9-8-14(10-16(15)17)20(3)13-6-4-12(18)5-7-13/h4-11,19H,1-3H3. The van der Waals surface area contributed by atoms with Crippen molar-refractivity contribution in [2.45, 2.75) is 13.0 Å². The molecule has 0 bridgehead atoms. The molecule has 0 saturated heterocycles. The molecule has 2 rings (SSSR count). The molecule has 0 aromatic heterocycles. The van der Waals surface area contributed by atoms with Crippen LogP contribution in [0.5, 0.6) is 0 Å². The quantitative estimate of drug-likeness (QED) is 0.891. The zero-order valence-electron chi connectivity index (χ0n) is 11.8. The summed E-state index contributed by atoms with van der Waals surface area (Å²) in [6.45, 7) is 2.06. The monoisotopic (exact) mass is 292 g/mol. The van der Waals surface area contributed by atoms with E-state index in [0.717, 1.165) is 22.0 Å². The minimum Gasteiger partial charge on any atom is -0.345 e. The molecule has 2 aromatic rings. The molecule has 0 amide bonds. The predicted octanol–water partition coefficient (Wildman–Crippen LogP) is 4.53. The van der Waals surface area contributed by atoms with E-state index in [1.54, 1.807) is 12.1 Å². The Morgan fingerprint density at radius 2 is 1.70 bits per heavy atom. The van der Waals surface area contributed by atoms with E-state index in [1.807, 2.05) is 37.2 Å². The zero-order chi connectivity index (χ0) is 14.7. The Morgan fingerprint density at radius 3 is 2.25 bits per heavy atom. The normalized spacial score (nSPS) is 12.2. The van der Waals surface area contributed by atoms with Crippen LogP contribution in [0, 0.1) is 5.82 Å². The van der Waals surface area contributed by atoms with E-state index in [-0.39, 0.29) is 11.9 Å². The summed E-state index contributed by atoms with van der Waals surface area (Å²) < 4.78 is 13.0. The average molecular weight is 293 g/mol. The van der Waals surface area contributed by atoms with Crippen LogP contribution >= 0.6 is 11.6 Å². The molecule has 20 heavy (non-hydrogen) atoms. The van der Waals surface area contributed by atoms with Gasteiger partial charge in [-0.25, -0.2) is 4.39 Å². The fraction of sp³-hybridized carbons (Fsp3) is 0.250. The van der Waals surface area contributed by atoms with E-state index in [2.05, 4.69) is 12.2 Å². The molecule has 0 radical (unpaired) electrons. The first kappa shape index (κ1) is 14.8. The number of rotatable bonds is 4. The third-order valence-electron chi connectivity index (χ3n) is 3.48. The van der Waals surface area contributed by atoms with Gasteiger partial charge in [0.1, 0.15) is 5.82 Å². The summed E-state index contributed by atoms with van der Waals surface area (Å²) in [5, 5.41) is 3.89. The van der Waals surface area contributed by atoms with Crippen LogP contribution in [0.25, 0.3) is 0 Å². The van der Waals surface area contributed by atoms with Crippen LogP contribution in [-0.4, -0.2) is 14.1 Å². The smallest absolute Gasteiger partial charge is 0.123 e. The fourth-order valence-electron chi connectivity index (χ4n) is 2.05. The second kappa shape index (κ2) is 6.25. The molecule has 0 aliphatic carbocycles. The molecule has 106 valence electrons. The van der Waals surface area contributed by atoms with Crippen molar-refractivity contribution in [2.24, 2.45) is 0 Å². The van der Waals surface area contributed by atoms with Gasteiger partial charge in [0.15, 0.2) is 0 Å². The highest BCUT2D eigenvalue weighted by Gasteiger charge is 2.10. The van der Waals surface area contributed by atoms with Gasteiger partial charge in [-0.1, -0.05) is 17.7 Å². The average Bonchev–Trinajstić information content (AvgIpc) is 2.46. The highest BCUT2D eigenvalue weighted by atomic mass is 35.5. The van der Waals surface area contributed by atoms with Gasteiger partial charge in [0.05, 0.1) is 0 Å². The maximum atomic E-state index is 13.0. The van der Waals surface area contributed by atoms with Crippen molar-refractivity contribution in [3.63, 3.8) is 0 Å². The van der Waals surface area contributed by atoms with Gasteiger partial charge in [0.25, 0.3) is 0 Å². The summed E-state index contributed by atoms with van der Waals surface area (Å²) in [5.41, 5.74) is 2.94. The van der Waals surface area contributed by atoms with Crippen LogP contribution in [0.4, 0.5) is 15.8 Å². The number of anilines is 2. The van der Waals surface area contributed by atoms with Gasteiger partial charge in [-0.3, -0.25) is 0 Å². The Morgan fingerprint density at radius 1 is 1.10 bits per heavy atom. The van der Waals surface area contributed by atoms with Crippen molar-refractivity contribution in [3.05, 3.63) is 58.9 Å². The van der Waals surface area contributed by atoms with Gasteiger partial charge in [-0.15, -0.1) is 0 Å². The molecule has 1 atom stereocenters. The molecule has 1 unspecified atom stereocenters. The molecule has 0 aliphatic rings. The van der Waals surface area contributed by atoms with Crippen LogP contribution < -0.4 is 10.2 Å². The second-order valence-electron chi connectivity index (χ2n) is 4.75. The van der Waals surface area contributed by atoms with Gasteiger partial charge >= 0.3 is 0 Å². The number of benzene rings is 2. The van der Waals surface area contributed by atoms with Crippen molar-refractivity contribution in [2.75, 3.05) is 19.0 Å². The topological polar surface area (TPSA) is 15.3 Å². The van der Waals surface area contributed by atoms with Crippen LogP contribution in [0.15, 0.2) is 42.5 Å². The van der Waals surface area contributed by atoms with Gasteiger partial charge in [-0.05, 0) is 55.9 Å². The first-order valence-corrected chi connectivity index (χ1v) is 6.86. The van der Waals surface area contributed by atoms with E-state index in [4.69, 9.17) is 11.6 Å². The first-order chi connectivity index (χ1) is 9.52. The summed E-state index contributed by atoms with van der Waals surface area (Å²) in [4.78, 5) is 1.97. The molecule has 1 N–H and O–H groups in total. The van der Waals surface area contributed by atoms with Crippen molar-refractivity contribution in [1.82, 2.24) is 5.32 Å². The lowest BCUT2D eigenvalue weighted by Crippen LogP contribution is -2.14. The maximum absolute atomic E-state index is 13.0. The van der Waals surface area contributed by atoms with Crippen molar-refractivity contribution in [3.8, 4) is 0 Å². The fourth-order valence-corrected chi connectivity index (χ4v) is 2.38. The minimum atomic E-state index is -0.238. The number of nitrogens with one attached hydrogen (secondary N) is 1. The molecule has 0 saturated carbocycles. The summed E-state index contributed by atoms with van der Waals surface area (Å²) in [5.74, 6) is -0.238. The van der Waals surface area contributed by atoms with Gasteiger partial charge < -0.3 is 10.2 Å². The molecule has 0 fully saturated rings. The molecular formula is C16H18ClFN2. The highest BCUT2D eigenvalue weighted by molar-refractivity contribution is 6.31. The van der Waals surface area contributed by atoms with E-state index in [1.165, 1.54) is 12.1 Å². The largest absolute Gasteiger partial charge is 0.345 e. The third-order valence-corrected chi connectivity index (χ3v) is 3.81. The van der Waals surface area contributed by atoms with Crippen LogP contribution in [0.2, 0.25) is 5.02 Å². The number of hydrogen-bond donors (Lipinski definition) is 1. The zero-order valence-corrected chi connectivity index (χ0v) is 12.6. The maximum Gasteiger partial charge on any atom is 0.123 e. The summed E-state index contributed by atoms with van der Waals surface area (Å²) in [6.07, 6.45) is 0. The molecule has 0 heterocycles. The Labute approximate surface area is 124 Å². The first-order valence-electron chi connectivity index (χ1n) is 6.49. The Kier molecular flexibility index (Phi) is 4.63. The summed E-state index contributed by atoms with van der Waals surface area (Å²) in [6, 6.07) is 12.5. The Hall–Kier alpha value is -1.58. The van der Waals surface area contributed by atoms with Crippen molar-refractivity contribution >= 4 is 23.0 Å². The van der Waals surface area contributed by atoms with Gasteiger partial charge in [-0.2, -0.15) is 0 Å². The van der Waals surface area contributed by atoms with Crippen LogP contribution in [0.1, 0.15) is 18.5 Å². The van der Waals surface area contributed by atoms with Gasteiger partial charge in [0.2, 0.25) is 0 Å². The van der Waals surface area contributed by atoms with Crippen molar-refractivity contribution in [1.29, 1.82) is 0 Å². The Balaban J connectivity index is 2.29. The second-order valence-corrected chi connectivity index (χ2v) is 5.16. The third kappa shape index (κ3) is 3.11. The highest BCUT2D eigenvalue weighted by Crippen LogP contribution is 2.30. The lowest BCUT2D eigenvalue weighted by molar-refractivity contribution is 0.628. The van der Waals surface area contributed by atoms with Crippen LogP contribution in [0.3, 0.4) is 0 Å². The van der Waals surface area contributed by atoms with E-state index < -0.39 is 0 Å². The van der Waals surface area contributed by atoms with E-state index >= 15 is 0 Å². The van der Waals surface area contributed by atoms with E-state index in [9.17, 15) is 4.39 Å². The number of halogens is 2.